The Hall–Kier alpha value is -1.61. The van der Waals surface area contributed by atoms with E-state index >= 15 is 0 Å². The number of fused-ring (bicyclic) bond motifs is 1. The zero-order valence-electron chi connectivity index (χ0n) is 8.97. The van der Waals surface area contributed by atoms with Gasteiger partial charge in [0.2, 0.25) is 6.41 Å². The Kier molecular flexibility index (Phi) is 2.56. The minimum Gasteiger partial charge on any atom is -0.305 e. The molecule has 0 unspecified atom stereocenters. The van der Waals surface area contributed by atoms with E-state index in [0.717, 1.165) is 23.9 Å². The average molecular weight is 202 g/mol. The van der Waals surface area contributed by atoms with Crippen LogP contribution >= 0.6 is 0 Å². The van der Waals surface area contributed by atoms with Gasteiger partial charge in [-0.2, -0.15) is 0 Å². The summed E-state index contributed by atoms with van der Waals surface area (Å²) in [5.41, 5.74) is 2.16. The Bertz CT molecular complexity index is 485. The van der Waals surface area contributed by atoms with E-state index in [1.54, 1.807) is 4.57 Å². The largest absolute Gasteiger partial charge is 0.305 e. The van der Waals surface area contributed by atoms with Crippen molar-refractivity contribution in [3.63, 3.8) is 0 Å². The number of para-hydroxylation sites is 1. The molecule has 0 aliphatic heterocycles. The zero-order chi connectivity index (χ0) is 10.8. The van der Waals surface area contributed by atoms with E-state index < -0.39 is 0 Å². The molecule has 15 heavy (non-hydrogen) atoms. The van der Waals surface area contributed by atoms with Gasteiger partial charge in [0.1, 0.15) is 0 Å². The lowest BCUT2D eigenvalue weighted by Crippen LogP contribution is -2.10. The van der Waals surface area contributed by atoms with Crippen molar-refractivity contribution in [2.75, 3.05) is 14.1 Å². The van der Waals surface area contributed by atoms with Gasteiger partial charge in [-0.3, -0.25) is 9.36 Å². The topological polar surface area (TPSA) is 25.2 Å². The summed E-state index contributed by atoms with van der Waals surface area (Å²) in [5, 5.41) is 1.15. The molecule has 0 aliphatic carbocycles. The third-order valence-corrected chi connectivity index (χ3v) is 2.42. The lowest BCUT2D eigenvalue weighted by atomic mass is 10.2. The molecule has 2 aromatic rings. The molecule has 0 bridgehead atoms. The summed E-state index contributed by atoms with van der Waals surface area (Å²) < 4.78 is 1.63. The minimum atomic E-state index is 0.849. The van der Waals surface area contributed by atoms with Crippen LogP contribution in [0.25, 0.3) is 10.9 Å². The molecule has 78 valence electrons. The molecule has 0 aliphatic rings. The smallest absolute Gasteiger partial charge is 0.218 e. The lowest BCUT2D eigenvalue weighted by molar-refractivity contribution is 0.404. The Balaban J connectivity index is 2.59. The van der Waals surface area contributed by atoms with Crippen molar-refractivity contribution in [2.45, 2.75) is 6.54 Å². The molecule has 0 N–H and O–H groups in total. The second kappa shape index (κ2) is 3.87. The van der Waals surface area contributed by atoms with Crippen LogP contribution < -0.4 is 0 Å². The normalized spacial score (nSPS) is 11.1. The van der Waals surface area contributed by atoms with Gasteiger partial charge in [0.25, 0.3) is 0 Å². The van der Waals surface area contributed by atoms with Gasteiger partial charge in [0.05, 0.1) is 5.52 Å². The molecule has 0 spiro atoms. The Morgan fingerprint density at radius 3 is 2.73 bits per heavy atom. The predicted octanol–water partition coefficient (Wildman–Crippen LogP) is 1.74. The molecule has 0 fully saturated rings. The van der Waals surface area contributed by atoms with Crippen molar-refractivity contribution in [3.05, 3.63) is 36.0 Å². The Labute approximate surface area is 88.9 Å². The average Bonchev–Trinajstić information content (AvgIpc) is 2.56. The van der Waals surface area contributed by atoms with Crippen LogP contribution in [0.3, 0.4) is 0 Å². The van der Waals surface area contributed by atoms with Crippen molar-refractivity contribution in [1.82, 2.24) is 9.47 Å². The third kappa shape index (κ3) is 1.78. The highest BCUT2D eigenvalue weighted by Gasteiger charge is 2.07. The highest BCUT2D eigenvalue weighted by molar-refractivity contribution is 5.88. The summed E-state index contributed by atoms with van der Waals surface area (Å²) in [6, 6.07) is 7.95. The zero-order valence-corrected chi connectivity index (χ0v) is 8.97. The molecule has 1 aromatic carbocycles. The summed E-state index contributed by atoms with van der Waals surface area (Å²) in [6.45, 7) is 0.849. The van der Waals surface area contributed by atoms with Crippen LogP contribution in [0.2, 0.25) is 0 Å². The van der Waals surface area contributed by atoms with Crippen molar-refractivity contribution >= 4 is 17.3 Å². The fraction of sp³-hybridized carbons (Fsp3) is 0.250. The van der Waals surface area contributed by atoms with Crippen LogP contribution in [0.5, 0.6) is 0 Å². The van der Waals surface area contributed by atoms with E-state index in [1.165, 1.54) is 5.56 Å². The standard InChI is InChI=1S/C12H14N2O/c1-13(2)7-10-8-14(9-15)12-6-4-3-5-11(10)12/h3-6,8-9H,7H2,1-2H3. The second-order valence-electron chi connectivity index (χ2n) is 3.92. The van der Waals surface area contributed by atoms with Gasteiger partial charge < -0.3 is 4.90 Å². The summed E-state index contributed by atoms with van der Waals surface area (Å²) >= 11 is 0. The maximum atomic E-state index is 10.9. The van der Waals surface area contributed by atoms with Crippen LogP contribution in [0.1, 0.15) is 5.56 Å². The Morgan fingerprint density at radius 2 is 2.07 bits per heavy atom. The van der Waals surface area contributed by atoms with Gasteiger partial charge in [-0.1, -0.05) is 18.2 Å². The van der Waals surface area contributed by atoms with E-state index in [4.69, 9.17) is 0 Å². The fourth-order valence-corrected chi connectivity index (χ4v) is 1.83. The maximum Gasteiger partial charge on any atom is 0.218 e. The summed E-state index contributed by atoms with van der Waals surface area (Å²) in [7, 11) is 4.04. The van der Waals surface area contributed by atoms with Crippen LogP contribution in [0.15, 0.2) is 30.5 Å². The number of benzene rings is 1. The van der Waals surface area contributed by atoms with Gasteiger partial charge in [-0.25, -0.2) is 0 Å². The van der Waals surface area contributed by atoms with Crippen molar-refractivity contribution in [3.8, 4) is 0 Å². The first-order valence-electron chi connectivity index (χ1n) is 4.91. The first-order chi connectivity index (χ1) is 7.22. The number of hydrogen-bond acceptors (Lipinski definition) is 2. The monoisotopic (exact) mass is 202 g/mol. The van der Waals surface area contributed by atoms with Crippen LogP contribution in [-0.2, 0) is 11.3 Å². The maximum absolute atomic E-state index is 10.9. The Morgan fingerprint density at radius 1 is 1.33 bits per heavy atom. The molecule has 1 aromatic heterocycles. The summed E-state index contributed by atoms with van der Waals surface area (Å²) in [5.74, 6) is 0. The van der Waals surface area contributed by atoms with E-state index in [-0.39, 0.29) is 0 Å². The fourth-order valence-electron chi connectivity index (χ4n) is 1.83. The molecule has 3 nitrogen and oxygen atoms in total. The number of nitrogens with zero attached hydrogens (tertiary/aromatic N) is 2. The van der Waals surface area contributed by atoms with Crippen LogP contribution in [0.4, 0.5) is 0 Å². The SMILES string of the molecule is CN(C)Cc1cn(C=O)c2ccccc12. The predicted molar refractivity (Wildman–Crippen MR) is 61.5 cm³/mol. The quantitative estimate of drug-likeness (QED) is 0.708. The molecular formula is C12H14N2O. The lowest BCUT2D eigenvalue weighted by Gasteiger charge is -2.07. The van der Waals surface area contributed by atoms with Crippen molar-refractivity contribution < 1.29 is 4.79 Å². The van der Waals surface area contributed by atoms with Crippen molar-refractivity contribution in [2.24, 2.45) is 0 Å². The molecule has 2 rings (SSSR count). The molecule has 0 amide bonds. The third-order valence-electron chi connectivity index (χ3n) is 2.42. The molecular weight excluding hydrogens is 188 g/mol. The van der Waals surface area contributed by atoms with Gasteiger partial charge in [0.15, 0.2) is 0 Å². The first-order valence-corrected chi connectivity index (χ1v) is 4.91. The summed E-state index contributed by atoms with van der Waals surface area (Å²) in [6.07, 6.45) is 2.75. The van der Waals surface area contributed by atoms with Crippen LogP contribution in [0, 0.1) is 0 Å². The molecule has 3 heteroatoms. The number of rotatable bonds is 3. The van der Waals surface area contributed by atoms with E-state index in [1.807, 2.05) is 44.6 Å². The van der Waals surface area contributed by atoms with E-state index in [0.29, 0.717) is 0 Å². The molecule has 0 saturated carbocycles. The number of carbonyl (C=O) groups is 1. The summed E-state index contributed by atoms with van der Waals surface area (Å²) in [4.78, 5) is 13.0. The van der Waals surface area contributed by atoms with Crippen molar-refractivity contribution in [1.29, 1.82) is 0 Å². The number of aromatic nitrogens is 1. The van der Waals surface area contributed by atoms with Gasteiger partial charge in [-0.05, 0) is 25.7 Å². The van der Waals surface area contributed by atoms with Gasteiger partial charge in [-0.15, -0.1) is 0 Å². The molecule has 0 atom stereocenters. The minimum absolute atomic E-state index is 0.849. The molecule has 1 heterocycles. The molecule has 0 radical (unpaired) electrons. The van der Waals surface area contributed by atoms with Gasteiger partial charge in [0, 0.05) is 18.1 Å². The number of carbonyl (C=O) groups excluding carboxylic acids is 1. The molecule has 0 saturated heterocycles. The van der Waals surface area contributed by atoms with Gasteiger partial charge >= 0.3 is 0 Å². The second-order valence-corrected chi connectivity index (χ2v) is 3.92. The highest BCUT2D eigenvalue weighted by Crippen LogP contribution is 2.20. The highest BCUT2D eigenvalue weighted by atomic mass is 16.1. The van der Waals surface area contributed by atoms with Crippen LogP contribution in [-0.4, -0.2) is 30.0 Å². The first kappa shape index (κ1) is 9.93. The number of hydrogen-bond donors (Lipinski definition) is 0. The van der Waals surface area contributed by atoms with E-state index in [2.05, 4.69) is 4.90 Å². The van der Waals surface area contributed by atoms with E-state index in [9.17, 15) is 4.79 Å².